The van der Waals surface area contributed by atoms with E-state index in [-0.39, 0.29) is 31.0 Å². The highest BCUT2D eigenvalue weighted by Crippen LogP contribution is 2.05. The van der Waals surface area contributed by atoms with Crippen LogP contribution in [-0.2, 0) is 24.0 Å². The minimum absolute atomic E-state index is 0.0730. The van der Waals surface area contributed by atoms with Gasteiger partial charge < -0.3 is 43.4 Å². The minimum Gasteiger partial charge on any atom is -0.481 e. The molecule has 0 rings (SSSR count). The first kappa shape index (κ1) is 32.3. The summed E-state index contributed by atoms with van der Waals surface area (Å²) in [6, 6.07) is -4.60. The standard InChI is InChI=1S/C19H35N7O7S2/c1-35-8-6-11(24-15(29)10(20)3-2-7-23-19(21)22)16(30)26-13(9-34)17(31)25-12(18(32)33)4-5-14(27)28/h10-13,34H,2-9,20H2,1H3,(H,24,29)(H,25,31)(H,26,30)(H,27,28)(H,32,33)(H4,21,22,23). The quantitative estimate of drug-likeness (QED) is 0.0381. The summed E-state index contributed by atoms with van der Waals surface area (Å²) < 4.78 is 0. The van der Waals surface area contributed by atoms with Crippen LogP contribution in [0.2, 0.25) is 0 Å². The highest BCUT2D eigenvalue weighted by Gasteiger charge is 2.29. The van der Waals surface area contributed by atoms with E-state index in [0.29, 0.717) is 18.7 Å². The maximum Gasteiger partial charge on any atom is 0.326 e. The Kier molecular flexibility index (Phi) is 16.3. The molecule has 14 nitrogen and oxygen atoms in total. The monoisotopic (exact) mass is 537 g/mol. The van der Waals surface area contributed by atoms with Crippen molar-refractivity contribution in [2.45, 2.75) is 56.3 Å². The zero-order chi connectivity index (χ0) is 27.0. The number of hydrogen-bond donors (Lipinski definition) is 9. The number of thioether (sulfide) groups is 1. The van der Waals surface area contributed by atoms with Gasteiger partial charge >= 0.3 is 11.9 Å². The van der Waals surface area contributed by atoms with Crippen LogP contribution >= 0.6 is 24.4 Å². The van der Waals surface area contributed by atoms with Gasteiger partial charge in [-0.15, -0.1) is 0 Å². The number of carboxylic acids is 2. The molecule has 0 aliphatic carbocycles. The van der Waals surface area contributed by atoms with Gasteiger partial charge in [0.15, 0.2) is 5.96 Å². The number of aliphatic carboxylic acids is 2. The fraction of sp³-hybridized carbons (Fsp3) is 0.684. The first-order chi connectivity index (χ1) is 16.4. The Bertz CT molecular complexity index is 766. The van der Waals surface area contributed by atoms with Crippen molar-refractivity contribution in [1.29, 1.82) is 0 Å². The number of nitrogens with two attached hydrogens (primary N) is 3. The molecular formula is C19H35N7O7S2. The van der Waals surface area contributed by atoms with Crippen molar-refractivity contribution in [3.05, 3.63) is 0 Å². The number of nitrogens with zero attached hydrogens (tertiary/aromatic N) is 1. The number of hydrogen-bond acceptors (Lipinski definition) is 9. The minimum atomic E-state index is -1.46. The Labute approximate surface area is 213 Å². The second kappa shape index (κ2) is 17.7. The lowest BCUT2D eigenvalue weighted by Gasteiger charge is -2.24. The Hall–Kier alpha value is -2.72. The van der Waals surface area contributed by atoms with Crippen LogP contribution in [0.15, 0.2) is 4.99 Å². The van der Waals surface area contributed by atoms with E-state index in [1.165, 1.54) is 11.8 Å². The van der Waals surface area contributed by atoms with Crippen molar-refractivity contribution < 1.29 is 34.2 Å². The van der Waals surface area contributed by atoms with E-state index in [1.807, 2.05) is 6.26 Å². The maximum atomic E-state index is 12.8. The fourth-order valence-electron chi connectivity index (χ4n) is 2.70. The Morgan fingerprint density at radius 3 is 2.00 bits per heavy atom. The Morgan fingerprint density at radius 2 is 1.49 bits per heavy atom. The lowest BCUT2D eigenvalue weighted by Crippen LogP contribution is -2.57. The van der Waals surface area contributed by atoms with E-state index < -0.39 is 60.2 Å². The SMILES string of the molecule is CSCCC(NC(=O)C(N)CCCN=C(N)N)C(=O)NC(CS)C(=O)NC(CCC(=O)O)C(=O)O. The van der Waals surface area contributed by atoms with Gasteiger partial charge in [-0.05, 0) is 37.7 Å². The summed E-state index contributed by atoms with van der Waals surface area (Å²) in [4.78, 5) is 63.6. The molecule has 0 aromatic rings. The van der Waals surface area contributed by atoms with E-state index in [9.17, 15) is 29.1 Å². The highest BCUT2D eigenvalue weighted by atomic mass is 32.2. The molecule has 0 saturated heterocycles. The second-order valence-electron chi connectivity index (χ2n) is 7.47. The summed E-state index contributed by atoms with van der Waals surface area (Å²) in [7, 11) is 0. The molecule has 0 saturated carbocycles. The third-order valence-corrected chi connectivity index (χ3v) is 5.63. The van der Waals surface area contributed by atoms with Crippen molar-refractivity contribution in [1.82, 2.24) is 16.0 Å². The van der Waals surface area contributed by atoms with Gasteiger partial charge in [0, 0.05) is 18.7 Å². The Morgan fingerprint density at radius 1 is 0.914 bits per heavy atom. The Balaban J connectivity index is 5.13. The lowest BCUT2D eigenvalue weighted by atomic mass is 10.1. The molecule has 4 atom stereocenters. The molecule has 200 valence electrons. The predicted octanol–water partition coefficient (Wildman–Crippen LogP) is -2.55. The van der Waals surface area contributed by atoms with Gasteiger partial charge in [0.1, 0.15) is 18.1 Å². The average molecular weight is 538 g/mol. The van der Waals surface area contributed by atoms with Crippen molar-refractivity contribution in [2.24, 2.45) is 22.2 Å². The number of thiol groups is 1. The largest absolute Gasteiger partial charge is 0.481 e. The van der Waals surface area contributed by atoms with Crippen LogP contribution in [0, 0.1) is 0 Å². The zero-order valence-corrected chi connectivity index (χ0v) is 21.1. The van der Waals surface area contributed by atoms with E-state index in [4.69, 9.17) is 22.3 Å². The summed E-state index contributed by atoms with van der Waals surface area (Å²) in [5, 5.41) is 25.2. The van der Waals surface area contributed by atoms with Crippen molar-refractivity contribution >= 4 is 60.0 Å². The first-order valence-corrected chi connectivity index (χ1v) is 12.7. The van der Waals surface area contributed by atoms with Crippen LogP contribution in [-0.4, -0.2) is 94.3 Å². The van der Waals surface area contributed by atoms with Crippen molar-refractivity contribution in [3.8, 4) is 0 Å². The third kappa shape index (κ3) is 14.3. The summed E-state index contributed by atoms with van der Waals surface area (Å²) in [5.41, 5.74) is 16.4. The van der Waals surface area contributed by atoms with Gasteiger partial charge in [-0.1, -0.05) is 0 Å². The van der Waals surface area contributed by atoms with Crippen LogP contribution in [0.1, 0.15) is 32.1 Å². The number of carbonyl (C=O) groups is 5. The highest BCUT2D eigenvalue weighted by molar-refractivity contribution is 7.98. The molecule has 0 aromatic heterocycles. The number of carboxylic acid groups (broad SMARTS) is 2. The van der Waals surface area contributed by atoms with Gasteiger partial charge in [0.05, 0.1) is 6.04 Å². The molecule has 0 radical (unpaired) electrons. The molecule has 3 amide bonds. The molecule has 0 aliphatic heterocycles. The van der Waals surface area contributed by atoms with E-state index in [2.05, 4.69) is 33.6 Å². The van der Waals surface area contributed by atoms with Crippen LogP contribution in [0.3, 0.4) is 0 Å². The predicted molar refractivity (Wildman–Crippen MR) is 135 cm³/mol. The number of rotatable bonds is 18. The molecule has 35 heavy (non-hydrogen) atoms. The molecular weight excluding hydrogens is 502 g/mol. The van der Waals surface area contributed by atoms with Crippen LogP contribution < -0.4 is 33.2 Å². The summed E-state index contributed by atoms with van der Waals surface area (Å²) in [6.45, 7) is 0.294. The summed E-state index contributed by atoms with van der Waals surface area (Å²) >= 11 is 5.48. The van der Waals surface area contributed by atoms with E-state index in [1.54, 1.807) is 0 Å². The van der Waals surface area contributed by atoms with Gasteiger partial charge in [-0.2, -0.15) is 24.4 Å². The zero-order valence-electron chi connectivity index (χ0n) is 19.4. The number of nitrogens with one attached hydrogen (secondary N) is 3. The van der Waals surface area contributed by atoms with Crippen LogP contribution in [0.25, 0.3) is 0 Å². The number of amides is 3. The lowest BCUT2D eigenvalue weighted by molar-refractivity contribution is -0.143. The van der Waals surface area contributed by atoms with E-state index >= 15 is 0 Å². The molecule has 11 N–H and O–H groups in total. The molecule has 0 aromatic carbocycles. The van der Waals surface area contributed by atoms with Crippen LogP contribution in [0.5, 0.6) is 0 Å². The first-order valence-electron chi connectivity index (χ1n) is 10.7. The molecule has 4 unspecified atom stereocenters. The molecule has 0 bridgehead atoms. The topological polar surface area (TPSA) is 252 Å². The van der Waals surface area contributed by atoms with Gasteiger partial charge in [0.25, 0.3) is 0 Å². The fourth-order valence-corrected chi connectivity index (χ4v) is 3.43. The maximum absolute atomic E-state index is 12.8. The second-order valence-corrected chi connectivity index (χ2v) is 8.82. The average Bonchev–Trinajstić information content (AvgIpc) is 2.79. The smallest absolute Gasteiger partial charge is 0.326 e. The normalized spacial score (nSPS) is 14.0. The molecule has 0 spiro atoms. The third-order valence-electron chi connectivity index (χ3n) is 4.63. The summed E-state index contributed by atoms with van der Waals surface area (Å²) in [6.07, 6.45) is 1.98. The molecule has 16 heteroatoms. The molecule has 0 fully saturated rings. The number of guanidine groups is 1. The molecule has 0 heterocycles. The molecule has 0 aliphatic rings. The van der Waals surface area contributed by atoms with Gasteiger partial charge in [-0.25, -0.2) is 4.79 Å². The van der Waals surface area contributed by atoms with Gasteiger partial charge in [0.2, 0.25) is 17.7 Å². The van der Waals surface area contributed by atoms with Crippen LogP contribution in [0.4, 0.5) is 0 Å². The van der Waals surface area contributed by atoms with Crippen molar-refractivity contribution in [2.75, 3.05) is 24.3 Å². The van der Waals surface area contributed by atoms with Gasteiger partial charge in [-0.3, -0.25) is 24.2 Å². The van der Waals surface area contributed by atoms with E-state index in [0.717, 1.165) is 0 Å². The number of aliphatic imine (C=N–C) groups is 1. The number of carbonyl (C=O) groups excluding carboxylic acids is 3. The van der Waals surface area contributed by atoms with Crippen molar-refractivity contribution in [3.63, 3.8) is 0 Å². The summed E-state index contributed by atoms with van der Waals surface area (Å²) in [5.74, 6) is -4.44.